The number of hydrogen-bond acceptors (Lipinski definition) is 5. The lowest BCUT2D eigenvalue weighted by Gasteiger charge is -2.46. The van der Waals surface area contributed by atoms with Crippen LogP contribution >= 0.6 is 0 Å². The van der Waals surface area contributed by atoms with Crippen molar-refractivity contribution in [3.63, 3.8) is 0 Å². The zero-order valence-corrected chi connectivity index (χ0v) is 13.0. The van der Waals surface area contributed by atoms with Gasteiger partial charge in [0.1, 0.15) is 11.2 Å². The van der Waals surface area contributed by atoms with E-state index in [0.717, 1.165) is 0 Å². The largest absolute Gasteiger partial charge is 0.490 e. The van der Waals surface area contributed by atoms with Crippen LogP contribution in [0.2, 0.25) is 0 Å². The van der Waals surface area contributed by atoms with Crippen LogP contribution in [0, 0.1) is 0 Å². The normalized spacial score (nSPS) is 22.9. The number of carboxylic acid groups (broad SMARTS) is 1. The lowest BCUT2D eigenvalue weighted by Crippen LogP contribution is -2.63. The van der Waals surface area contributed by atoms with Crippen LogP contribution in [0.5, 0.6) is 0 Å². The first-order valence-corrected chi connectivity index (χ1v) is 6.84. The number of halogens is 3. The van der Waals surface area contributed by atoms with E-state index in [4.69, 9.17) is 19.4 Å². The van der Waals surface area contributed by atoms with Crippen LogP contribution in [0.15, 0.2) is 0 Å². The Morgan fingerprint density at radius 1 is 1.26 bits per heavy atom. The van der Waals surface area contributed by atoms with Crippen LogP contribution < -0.4 is 0 Å². The summed E-state index contributed by atoms with van der Waals surface area (Å²) in [7, 11) is 0. The molecule has 1 spiro atoms. The maximum atomic E-state index is 11.6. The average molecular weight is 343 g/mol. The highest BCUT2D eigenvalue weighted by atomic mass is 19.4. The molecule has 2 rings (SSSR count). The predicted molar refractivity (Wildman–Crippen MR) is 70.8 cm³/mol. The van der Waals surface area contributed by atoms with Crippen LogP contribution in [0.4, 0.5) is 18.0 Å². The van der Waals surface area contributed by atoms with E-state index in [1.807, 2.05) is 20.8 Å². The molecule has 1 amide bonds. The lowest BCUT2D eigenvalue weighted by atomic mass is 9.91. The Labute approximate surface area is 131 Å². The fourth-order valence-electron chi connectivity index (χ4n) is 2.15. The highest BCUT2D eigenvalue weighted by Gasteiger charge is 2.51. The first-order chi connectivity index (χ1) is 10.2. The molecule has 2 N–H and O–H groups in total. The van der Waals surface area contributed by atoms with E-state index in [1.165, 1.54) is 0 Å². The van der Waals surface area contributed by atoms with Crippen LogP contribution in [-0.4, -0.2) is 70.4 Å². The molecule has 23 heavy (non-hydrogen) atoms. The summed E-state index contributed by atoms with van der Waals surface area (Å²) in [5.74, 6) is -2.76. The number of amides is 1. The molecule has 134 valence electrons. The van der Waals surface area contributed by atoms with Gasteiger partial charge in [-0.25, -0.2) is 9.59 Å². The summed E-state index contributed by atoms with van der Waals surface area (Å²) < 4.78 is 42.5. The van der Waals surface area contributed by atoms with Crippen molar-refractivity contribution >= 4 is 12.1 Å². The molecule has 2 heterocycles. The van der Waals surface area contributed by atoms with E-state index >= 15 is 0 Å². The van der Waals surface area contributed by atoms with Gasteiger partial charge in [-0.2, -0.15) is 13.2 Å². The highest BCUT2D eigenvalue weighted by Crippen LogP contribution is 2.35. The summed E-state index contributed by atoms with van der Waals surface area (Å²) in [6, 6.07) is 0. The smallest absolute Gasteiger partial charge is 0.475 e. The van der Waals surface area contributed by atoms with Gasteiger partial charge >= 0.3 is 18.2 Å². The van der Waals surface area contributed by atoms with Gasteiger partial charge in [0.25, 0.3) is 0 Å². The number of aliphatic carboxylic acids is 1. The first-order valence-electron chi connectivity index (χ1n) is 6.84. The minimum Gasteiger partial charge on any atom is -0.475 e. The molecule has 0 aromatic rings. The number of aliphatic hydroxyl groups is 1. The number of carboxylic acids is 1. The maximum Gasteiger partial charge on any atom is 0.490 e. The molecule has 10 heteroatoms. The molecule has 7 nitrogen and oxygen atoms in total. The van der Waals surface area contributed by atoms with E-state index in [0.29, 0.717) is 26.1 Å². The molecule has 0 radical (unpaired) electrons. The van der Waals surface area contributed by atoms with Crippen LogP contribution in [0.1, 0.15) is 27.2 Å². The van der Waals surface area contributed by atoms with Crippen molar-refractivity contribution < 1.29 is 42.4 Å². The lowest BCUT2D eigenvalue weighted by molar-refractivity contribution is -0.192. The van der Waals surface area contributed by atoms with Crippen molar-refractivity contribution in [2.75, 3.05) is 19.7 Å². The van der Waals surface area contributed by atoms with Gasteiger partial charge in [0, 0.05) is 6.42 Å². The van der Waals surface area contributed by atoms with Gasteiger partial charge in [-0.15, -0.1) is 0 Å². The summed E-state index contributed by atoms with van der Waals surface area (Å²) in [6.07, 6.45) is -5.16. The van der Waals surface area contributed by atoms with Crippen molar-refractivity contribution in [3.05, 3.63) is 0 Å². The second kappa shape index (κ2) is 6.52. The van der Waals surface area contributed by atoms with Gasteiger partial charge in [0.15, 0.2) is 0 Å². The number of rotatable bonds is 0. The molecule has 0 aliphatic carbocycles. The molecule has 0 bridgehead atoms. The third-order valence-electron chi connectivity index (χ3n) is 3.04. The summed E-state index contributed by atoms with van der Waals surface area (Å²) in [4.78, 5) is 22.2. The topological polar surface area (TPSA) is 96.3 Å². The third kappa shape index (κ3) is 5.87. The molecule has 2 saturated heterocycles. The van der Waals surface area contributed by atoms with Crippen LogP contribution in [0.3, 0.4) is 0 Å². The first kappa shape index (κ1) is 19.5. The maximum absolute atomic E-state index is 11.6. The number of ether oxygens (including phenoxy) is 2. The van der Waals surface area contributed by atoms with Crippen LogP contribution in [0.25, 0.3) is 0 Å². The van der Waals surface area contributed by atoms with Gasteiger partial charge in [0.05, 0.1) is 25.8 Å². The molecule has 0 unspecified atom stereocenters. The van der Waals surface area contributed by atoms with Crippen molar-refractivity contribution in [2.45, 2.75) is 50.7 Å². The summed E-state index contributed by atoms with van der Waals surface area (Å²) in [5.41, 5.74) is -0.772. The van der Waals surface area contributed by atoms with Gasteiger partial charge in [0.2, 0.25) is 0 Å². The number of carbonyl (C=O) groups excluding carboxylic acids is 1. The van der Waals surface area contributed by atoms with E-state index in [9.17, 15) is 23.1 Å². The Balaban J connectivity index is 0.000000322. The number of likely N-dealkylation sites (tertiary alicyclic amines) is 1. The molecule has 2 aliphatic rings. The van der Waals surface area contributed by atoms with Gasteiger partial charge in [-0.3, -0.25) is 0 Å². The van der Waals surface area contributed by atoms with Crippen molar-refractivity contribution in [1.29, 1.82) is 0 Å². The molecule has 0 aromatic heterocycles. The zero-order valence-electron chi connectivity index (χ0n) is 13.0. The summed E-state index contributed by atoms with van der Waals surface area (Å²) in [5, 5.41) is 16.5. The molecule has 2 aliphatic heterocycles. The minimum absolute atomic E-state index is 0.303. The van der Waals surface area contributed by atoms with Crippen molar-refractivity contribution in [2.24, 2.45) is 0 Å². The summed E-state index contributed by atoms with van der Waals surface area (Å²) >= 11 is 0. The molecule has 2 fully saturated rings. The van der Waals surface area contributed by atoms with Gasteiger partial charge < -0.3 is 24.6 Å². The zero-order chi connectivity index (χ0) is 18.1. The second-order valence-corrected chi connectivity index (χ2v) is 6.49. The van der Waals surface area contributed by atoms with Gasteiger partial charge in [-0.05, 0) is 20.8 Å². The number of nitrogens with zero attached hydrogens (tertiary/aromatic N) is 1. The Morgan fingerprint density at radius 2 is 1.74 bits per heavy atom. The second-order valence-electron chi connectivity index (χ2n) is 6.49. The standard InChI is InChI=1S/C11H19NO4.C2HF3O2/c1-10(2,3)16-9(14)12-6-11(7-12)4-8(13)5-15-11;3-2(4,5)1(6)7/h8,13H,4-7H2,1-3H3;(H,6,7)/t8-;/m0./s1. The van der Waals surface area contributed by atoms with Gasteiger partial charge in [-0.1, -0.05) is 0 Å². The third-order valence-corrected chi connectivity index (χ3v) is 3.04. The number of hydrogen-bond donors (Lipinski definition) is 2. The average Bonchev–Trinajstić information content (AvgIpc) is 2.66. The Hall–Kier alpha value is -1.55. The molecule has 0 saturated carbocycles. The summed E-state index contributed by atoms with van der Waals surface area (Å²) in [6.45, 7) is 6.96. The van der Waals surface area contributed by atoms with Crippen molar-refractivity contribution in [3.8, 4) is 0 Å². The molecular weight excluding hydrogens is 323 g/mol. The quantitative estimate of drug-likeness (QED) is 0.690. The van der Waals surface area contributed by atoms with Crippen molar-refractivity contribution in [1.82, 2.24) is 4.90 Å². The Kier molecular flexibility index (Phi) is 5.53. The Morgan fingerprint density at radius 3 is 2.04 bits per heavy atom. The minimum atomic E-state index is -5.08. The highest BCUT2D eigenvalue weighted by molar-refractivity contribution is 5.73. The fraction of sp³-hybridized carbons (Fsp3) is 0.846. The fourth-order valence-corrected chi connectivity index (χ4v) is 2.15. The number of aliphatic hydroxyl groups excluding tert-OH is 1. The number of alkyl halides is 3. The molecule has 0 aromatic carbocycles. The molecular formula is C13H20F3NO6. The van der Waals surface area contributed by atoms with E-state index in [2.05, 4.69) is 0 Å². The van der Waals surface area contributed by atoms with E-state index in [-0.39, 0.29) is 17.8 Å². The Bertz CT molecular complexity index is 454. The monoisotopic (exact) mass is 343 g/mol. The van der Waals surface area contributed by atoms with E-state index < -0.39 is 17.7 Å². The SMILES string of the molecule is CC(C)(C)OC(=O)N1CC2(C[C@H](O)CO2)C1.O=C(O)C(F)(F)F. The molecule has 1 atom stereocenters. The predicted octanol–water partition coefficient (Wildman–Crippen LogP) is 1.39. The van der Waals surface area contributed by atoms with E-state index in [1.54, 1.807) is 4.90 Å². The number of carbonyl (C=O) groups is 2. The van der Waals surface area contributed by atoms with Crippen LogP contribution in [-0.2, 0) is 14.3 Å².